The molecule has 1 atom stereocenters. The molecule has 0 amide bonds. The Kier molecular flexibility index (Phi) is 4.26. The van der Waals surface area contributed by atoms with E-state index in [1.54, 1.807) is 0 Å². The molecule has 0 aliphatic carbocycles. The Morgan fingerprint density at radius 3 is 2.32 bits per heavy atom. The van der Waals surface area contributed by atoms with E-state index < -0.39 is 5.60 Å². The van der Waals surface area contributed by atoms with Crippen LogP contribution in [0, 0.1) is 5.92 Å². The van der Waals surface area contributed by atoms with Crippen LogP contribution in [0.25, 0.3) is 0 Å². The van der Waals surface area contributed by atoms with Gasteiger partial charge in [-0.3, -0.25) is 4.98 Å². The zero-order valence-corrected chi connectivity index (χ0v) is 12.6. The summed E-state index contributed by atoms with van der Waals surface area (Å²) < 4.78 is 0. The summed E-state index contributed by atoms with van der Waals surface area (Å²) in [4.78, 5) is 6.79. The first kappa shape index (κ1) is 14.5. The van der Waals surface area contributed by atoms with E-state index >= 15 is 0 Å². The molecule has 19 heavy (non-hydrogen) atoms. The average molecular weight is 262 g/mol. The van der Waals surface area contributed by atoms with Crippen molar-refractivity contribution in [1.29, 1.82) is 0 Å². The van der Waals surface area contributed by atoms with Gasteiger partial charge in [0.1, 0.15) is 5.60 Å². The molecular weight excluding hydrogens is 236 g/mol. The molecule has 106 valence electrons. The number of hydrogen-bond acceptors (Lipinski definition) is 3. The van der Waals surface area contributed by atoms with E-state index in [-0.39, 0.29) is 0 Å². The fourth-order valence-corrected chi connectivity index (χ4v) is 2.58. The van der Waals surface area contributed by atoms with Gasteiger partial charge in [-0.05, 0) is 43.4 Å². The van der Waals surface area contributed by atoms with Gasteiger partial charge in [-0.25, -0.2) is 0 Å². The molecule has 1 unspecified atom stereocenters. The minimum atomic E-state index is -0.730. The molecule has 0 bridgehead atoms. The van der Waals surface area contributed by atoms with E-state index in [0.717, 1.165) is 31.6 Å². The standard InChI is InChI=1S/C16H26N2O/c1-12(2)13(3)14-5-6-15(17-11-14)16(19)7-9-18(4)10-8-16/h5-6,11-13,19H,7-10H2,1-4H3. The van der Waals surface area contributed by atoms with Crippen LogP contribution in [0.1, 0.15) is 50.8 Å². The molecule has 2 heterocycles. The zero-order valence-electron chi connectivity index (χ0n) is 12.6. The fraction of sp³-hybridized carbons (Fsp3) is 0.688. The van der Waals surface area contributed by atoms with E-state index in [1.807, 2.05) is 12.3 Å². The highest BCUT2D eigenvalue weighted by molar-refractivity contribution is 5.22. The van der Waals surface area contributed by atoms with Crippen LogP contribution in [-0.2, 0) is 5.60 Å². The third-order valence-corrected chi connectivity index (χ3v) is 4.60. The van der Waals surface area contributed by atoms with E-state index in [9.17, 15) is 5.11 Å². The van der Waals surface area contributed by atoms with Crippen molar-refractivity contribution in [2.45, 2.75) is 45.1 Å². The molecule has 1 saturated heterocycles. The SMILES string of the molecule is CC(C)C(C)c1ccc(C2(O)CCN(C)CC2)nc1. The maximum absolute atomic E-state index is 10.7. The fourth-order valence-electron chi connectivity index (χ4n) is 2.58. The molecule has 1 fully saturated rings. The Bertz CT molecular complexity index is 405. The summed E-state index contributed by atoms with van der Waals surface area (Å²) in [5, 5.41) is 10.7. The first-order valence-electron chi connectivity index (χ1n) is 7.30. The van der Waals surface area contributed by atoms with Gasteiger partial charge in [0.15, 0.2) is 0 Å². The van der Waals surface area contributed by atoms with Crippen molar-refractivity contribution in [2.24, 2.45) is 5.92 Å². The number of aromatic nitrogens is 1. The summed E-state index contributed by atoms with van der Waals surface area (Å²) in [6.07, 6.45) is 3.49. The predicted molar refractivity (Wildman–Crippen MR) is 78.1 cm³/mol. The average Bonchev–Trinajstić information content (AvgIpc) is 2.41. The Hall–Kier alpha value is -0.930. The molecular formula is C16H26N2O. The van der Waals surface area contributed by atoms with Crippen molar-refractivity contribution < 1.29 is 5.11 Å². The number of likely N-dealkylation sites (tertiary alicyclic amines) is 1. The second kappa shape index (κ2) is 5.59. The van der Waals surface area contributed by atoms with Gasteiger partial charge in [0.05, 0.1) is 5.69 Å². The minimum absolute atomic E-state index is 0.508. The second-order valence-electron chi connectivity index (χ2n) is 6.34. The lowest BCUT2D eigenvalue weighted by Crippen LogP contribution is -2.41. The molecule has 1 aromatic rings. The van der Waals surface area contributed by atoms with Gasteiger partial charge in [-0.1, -0.05) is 26.8 Å². The third-order valence-electron chi connectivity index (χ3n) is 4.60. The van der Waals surface area contributed by atoms with Crippen molar-refractivity contribution in [3.05, 3.63) is 29.6 Å². The Morgan fingerprint density at radius 2 is 1.84 bits per heavy atom. The first-order chi connectivity index (χ1) is 8.92. The summed E-state index contributed by atoms with van der Waals surface area (Å²) in [7, 11) is 2.10. The lowest BCUT2D eigenvalue weighted by Gasteiger charge is -2.36. The second-order valence-corrected chi connectivity index (χ2v) is 6.34. The van der Waals surface area contributed by atoms with Gasteiger partial charge in [-0.15, -0.1) is 0 Å². The van der Waals surface area contributed by atoms with Crippen molar-refractivity contribution in [3.63, 3.8) is 0 Å². The minimum Gasteiger partial charge on any atom is -0.383 e. The number of aliphatic hydroxyl groups is 1. The quantitative estimate of drug-likeness (QED) is 0.910. The van der Waals surface area contributed by atoms with Crippen LogP contribution < -0.4 is 0 Å². The number of hydrogen-bond donors (Lipinski definition) is 1. The third kappa shape index (κ3) is 3.15. The van der Waals surface area contributed by atoms with Crippen LogP contribution >= 0.6 is 0 Å². The van der Waals surface area contributed by atoms with Gasteiger partial charge < -0.3 is 10.0 Å². The molecule has 3 nitrogen and oxygen atoms in total. The summed E-state index contributed by atoms with van der Waals surface area (Å²) >= 11 is 0. The Morgan fingerprint density at radius 1 is 1.21 bits per heavy atom. The van der Waals surface area contributed by atoms with E-state index in [0.29, 0.717) is 11.8 Å². The smallest absolute Gasteiger partial charge is 0.109 e. The van der Waals surface area contributed by atoms with Gasteiger partial charge in [0.25, 0.3) is 0 Å². The summed E-state index contributed by atoms with van der Waals surface area (Å²) in [6.45, 7) is 8.54. The van der Waals surface area contributed by atoms with Crippen LogP contribution in [0.2, 0.25) is 0 Å². The predicted octanol–water partition coefficient (Wildman–Crippen LogP) is 2.75. The molecule has 1 aromatic heterocycles. The molecule has 0 aromatic carbocycles. The van der Waals surface area contributed by atoms with Crippen LogP contribution in [-0.4, -0.2) is 35.1 Å². The molecule has 0 saturated carbocycles. The van der Waals surface area contributed by atoms with Crippen molar-refractivity contribution in [3.8, 4) is 0 Å². The van der Waals surface area contributed by atoms with E-state index in [2.05, 4.69) is 43.8 Å². The summed E-state index contributed by atoms with van der Waals surface area (Å²) in [6, 6.07) is 4.14. The topological polar surface area (TPSA) is 36.4 Å². The number of pyridine rings is 1. The highest BCUT2D eigenvalue weighted by atomic mass is 16.3. The van der Waals surface area contributed by atoms with Gasteiger partial charge in [-0.2, -0.15) is 0 Å². The molecule has 1 aliphatic rings. The normalized spacial score (nSPS) is 21.6. The van der Waals surface area contributed by atoms with Crippen molar-refractivity contribution in [2.75, 3.05) is 20.1 Å². The molecule has 0 radical (unpaired) electrons. The molecule has 3 heteroatoms. The highest BCUT2D eigenvalue weighted by Gasteiger charge is 2.34. The first-order valence-corrected chi connectivity index (χ1v) is 7.30. The lowest BCUT2D eigenvalue weighted by atomic mass is 9.86. The van der Waals surface area contributed by atoms with Crippen molar-refractivity contribution in [1.82, 2.24) is 9.88 Å². The van der Waals surface area contributed by atoms with Crippen molar-refractivity contribution >= 4 is 0 Å². The number of rotatable bonds is 3. The number of piperidine rings is 1. The van der Waals surface area contributed by atoms with Gasteiger partial charge >= 0.3 is 0 Å². The van der Waals surface area contributed by atoms with Crippen LogP contribution in [0.15, 0.2) is 18.3 Å². The Balaban J connectivity index is 2.14. The van der Waals surface area contributed by atoms with Gasteiger partial charge in [0, 0.05) is 19.3 Å². The Labute approximate surface area is 116 Å². The van der Waals surface area contributed by atoms with Gasteiger partial charge in [0.2, 0.25) is 0 Å². The zero-order chi connectivity index (χ0) is 14.0. The van der Waals surface area contributed by atoms with E-state index in [1.165, 1.54) is 5.56 Å². The molecule has 2 rings (SSSR count). The van der Waals surface area contributed by atoms with Crippen LogP contribution in [0.4, 0.5) is 0 Å². The maximum atomic E-state index is 10.7. The largest absolute Gasteiger partial charge is 0.383 e. The molecule has 1 aliphatic heterocycles. The summed E-state index contributed by atoms with van der Waals surface area (Å²) in [5.41, 5.74) is 1.36. The molecule has 1 N–H and O–H groups in total. The summed E-state index contributed by atoms with van der Waals surface area (Å²) in [5.74, 6) is 1.12. The monoisotopic (exact) mass is 262 g/mol. The van der Waals surface area contributed by atoms with Crippen LogP contribution in [0.3, 0.4) is 0 Å². The van der Waals surface area contributed by atoms with E-state index in [4.69, 9.17) is 0 Å². The highest BCUT2D eigenvalue weighted by Crippen LogP contribution is 2.32. The molecule has 0 spiro atoms. The van der Waals surface area contributed by atoms with Crippen LogP contribution in [0.5, 0.6) is 0 Å². The number of nitrogens with zero attached hydrogens (tertiary/aromatic N) is 2. The maximum Gasteiger partial charge on any atom is 0.109 e. The lowest BCUT2D eigenvalue weighted by molar-refractivity contribution is -0.0238.